The molecule has 168 valence electrons. The number of nitrogens with zero attached hydrogens (tertiary/aromatic N) is 1. The number of aromatic hydroxyl groups is 2. The number of aryl methyl sites for hydroxylation is 2. The quantitative estimate of drug-likeness (QED) is 0.524. The first-order chi connectivity index (χ1) is 15.3. The largest absolute Gasteiger partial charge is 0.508 e. The van der Waals surface area contributed by atoms with Crippen molar-refractivity contribution in [1.29, 1.82) is 0 Å². The average molecular weight is 437 g/mol. The third kappa shape index (κ3) is 5.11. The number of phenols is 1. The Kier molecular flexibility index (Phi) is 7.20. The second kappa shape index (κ2) is 10.0. The summed E-state index contributed by atoms with van der Waals surface area (Å²) in [6, 6.07) is 15.4. The Hall–Kier alpha value is -3.74. The summed E-state index contributed by atoms with van der Waals surface area (Å²) in [5, 5.41) is 20.2. The number of hydrogen-bond acceptors (Lipinski definition) is 6. The second-order valence-corrected chi connectivity index (χ2v) is 7.56. The molecule has 0 bridgehead atoms. The molecule has 1 heterocycles. The zero-order chi connectivity index (χ0) is 23.3. The van der Waals surface area contributed by atoms with Crippen molar-refractivity contribution in [3.05, 3.63) is 87.3 Å². The topological polar surface area (TPSA) is 98.0 Å². The molecule has 0 aliphatic heterocycles. The van der Waals surface area contributed by atoms with Gasteiger partial charge in [0.2, 0.25) is 0 Å². The van der Waals surface area contributed by atoms with Gasteiger partial charge in [0, 0.05) is 18.2 Å². The van der Waals surface area contributed by atoms with Gasteiger partial charge in [0.15, 0.2) is 0 Å². The van der Waals surface area contributed by atoms with Gasteiger partial charge in [-0.2, -0.15) is 0 Å². The monoisotopic (exact) mass is 437 g/mol. The molecule has 0 radical (unpaired) electrons. The lowest BCUT2D eigenvalue weighted by molar-refractivity contribution is -0.140. The fraction of sp³-hybridized carbons (Fsp3) is 0.280. The Morgan fingerprint density at radius 2 is 1.69 bits per heavy atom. The molecule has 0 unspecified atom stereocenters. The van der Waals surface area contributed by atoms with E-state index in [9.17, 15) is 19.8 Å². The first-order valence-electron chi connectivity index (χ1n) is 10.3. The molecule has 1 aromatic heterocycles. The van der Waals surface area contributed by atoms with E-state index in [0.29, 0.717) is 30.0 Å². The Morgan fingerprint density at radius 1 is 1.03 bits per heavy atom. The lowest BCUT2D eigenvalue weighted by Crippen LogP contribution is -2.29. The van der Waals surface area contributed by atoms with Crippen LogP contribution < -0.4 is 10.3 Å². The number of methoxy groups -OCH3 is 2. The summed E-state index contributed by atoms with van der Waals surface area (Å²) in [6.07, 6.45) is 0.474. The number of pyridine rings is 1. The molecule has 2 N–H and O–H groups in total. The number of benzene rings is 2. The van der Waals surface area contributed by atoms with Gasteiger partial charge in [-0.25, -0.2) is 0 Å². The summed E-state index contributed by atoms with van der Waals surface area (Å²) >= 11 is 0. The second-order valence-electron chi connectivity index (χ2n) is 7.56. The van der Waals surface area contributed by atoms with Gasteiger partial charge in [-0.3, -0.25) is 9.59 Å². The van der Waals surface area contributed by atoms with Crippen LogP contribution in [0.4, 0.5) is 0 Å². The van der Waals surface area contributed by atoms with Crippen LogP contribution in [0.1, 0.15) is 34.7 Å². The number of ether oxygens (including phenoxy) is 2. The summed E-state index contributed by atoms with van der Waals surface area (Å²) < 4.78 is 11.6. The molecule has 7 heteroatoms. The van der Waals surface area contributed by atoms with Crippen LogP contribution >= 0.6 is 0 Å². The molecule has 3 rings (SSSR count). The summed E-state index contributed by atoms with van der Waals surface area (Å²) in [6.45, 7) is 2.14. The molecule has 2 aromatic carbocycles. The number of hydrogen-bond donors (Lipinski definition) is 2. The van der Waals surface area contributed by atoms with Gasteiger partial charge >= 0.3 is 5.97 Å². The number of phenolic OH excluding ortho intramolecular Hbond substituents is 1. The number of carbonyl (C=O) groups is 1. The Bertz CT molecular complexity index is 1130. The van der Waals surface area contributed by atoms with Gasteiger partial charge in [0.25, 0.3) is 5.56 Å². The maximum absolute atomic E-state index is 13.5. The van der Waals surface area contributed by atoms with Crippen molar-refractivity contribution in [2.75, 3.05) is 14.2 Å². The highest BCUT2D eigenvalue weighted by Gasteiger charge is 2.26. The van der Waals surface area contributed by atoms with Gasteiger partial charge in [-0.1, -0.05) is 24.3 Å². The minimum absolute atomic E-state index is 0.0906. The normalized spacial score (nSPS) is 11.7. The molecule has 7 nitrogen and oxygen atoms in total. The van der Waals surface area contributed by atoms with Gasteiger partial charge in [-0.05, 0) is 54.8 Å². The minimum atomic E-state index is -0.679. The van der Waals surface area contributed by atoms with Crippen molar-refractivity contribution in [3.63, 3.8) is 0 Å². The summed E-state index contributed by atoms with van der Waals surface area (Å²) in [7, 11) is 2.85. The molecule has 0 amide bonds. The van der Waals surface area contributed by atoms with Crippen LogP contribution in [0.2, 0.25) is 0 Å². The van der Waals surface area contributed by atoms with E-state index in [1.165, 1.54) is 7.11 Å². The lowest BCUT2D eigenvalue weighted by Gasteiger charge is -2.21. The van der Waals surface area contributed by atoms with Crippen LogP contribution in [0, 0.1) is 6.92 Å². The van der Waals surface area contributed by atoms with Crippen molar-refractivity contribution in [2.45, 2.75) is 32.2 Å². The van der Waals surface area contributed by atoms with E-state index < -0.39 is 11.9 Å². The van der Waals surface area contributed by atoms with Crippen LogP contribution in [0.5, 0.6) is 17.2 Å². The maximum atomic E-state index is 13.5. The SMILES string of the molecule is COC(=O)C[C@@H](c1ccc(OC)cc1)c1c(O)cc(C)n(CCc2ccc(O)cc2)c1=O. The Labute approximate surface area is 186 Å². The number of esters is 1. The smallest absolute Gasteiger partial charge is 0.306 e. The predicted molar refractivity (Wildman–Crippen MR) is 120 cm³/mol. The fourth-order valence-corrected chi connectivity index (χ4v) is 3.75. The molecule has 0 fully saturated rings. The summed E-state index contributed by atoms with van der Waals surface area (Å²) in [5.74, 6) is -0.496. The minimum Gasteiger partial charge on any atom is -0.508 e. The molecule has 0 spiro atoms. The van der Waals surface area contributed by atoms with E-state index in [2.05, 4.69) is 0 Å². The third-order valence-corrected chi connectivity index (χ3v) is 5.55. The molecule has 0 aliphatic rings. The Balaban J connectivity index is 2.03. The first-order valence-corrected chi connectivity index (χ1v) is 10.3. The molecular formula is C25H27NO6. The number of rotatable bonds is 8. The van der Waals surface area contributed by atoms with Crippen LogP contribution in [0.25, 0.3) is 0 Å². The van der Waals surface area contributed by atoms with Crippen molar-refractivity contribution in [2.24, 2.45) is 0 Å². The molecule has 0 saturated carbocycles. The third-order valence-electron chi connectivity index (χ3n) is 5.55. The van der Waals surface area contributed by atoms with Crippen LogP contribution in [0.3, 0.4) is 0 Å². The molecule has 0 saturated heterocycles. The van der Waals surface area contributed by atoms with Crippen molar-refractivity contribution in [3.8, 4) is 17.2 Å². The van der Waals surface area contributed by atoms with E-state index in [4.69, 9.17) is 9.47 Å². The molecule has 1 atom stereocenters. The predicted octanol–water partition coefficient (Wildman–Crippen LogP) is 3.51. The van der Waals surface area contributed by atoms with E-state index in [1.807, 2.05) is 0 Å². The maximum Gasteiger partial charge on any atom is 0.306 e. The zero-order valence-corrected chi connectivity index (χ0v) is 18.4. The van der Waals surface area contributed by atoms with Crippen LogP contribution in [0.15, 0.2) is 59.4 Å². The van der Waals surface area contributed by atoms with Crippen LogP contribution in [-0.4, -0.2) is 35.0 Å². The molecule has 3 aromatic rings. The molecule has 32 heavy (non-hydrogen) atoms. The van der Waals surface area contributed by atoms with Crippen molar-refractivity contribution < 1.29 is 24.5 Å². The van der Waals surface area contributed by atoms with Crippen LogP contribution in [-0.2, 0) is 22.5 Å². The van der Waals surface area contributed by atoms with Gasteiger partial charge in [-0.15, -0.1) is 0 Å². The van der Waals surface area contributed by atoms with E-state index in [1.54, 1.807) is 73.2 Å². The molecular weight excluding hydrogens is 410 g/mol. The summed E-state index contributed by atoms with van der Waals surface area (Å²) in [5.41, 5.74) is 2.06. The lowest BCUT2D eigenvalue weighted by atomic mass is 9.88. The van der Waals surface area contributed by atoms with Crippen molar-refractivity contribution >= 4 is 5.97 Å². The van der Waals surface area contributed by atoms with Crippen molar-refractivity contribution in [1.82, 2.24) is 4.57 Å². The first kappa shape index (κ1) is 22.9. The highest BCUT2D eigenvalue weighted by molar-refractivity contribution is 5.71. The summed E-state index contributed by atoms with van der Waals surface area (Å²) in [4.78, 5) is 25.6. The highest BCUT2D eigenvalue weighted by Crippen LogP contribution is 2.33. The van der Waals surface area contributed by atoms with Gasteiger partial charge < -0.3 is 24.3 Å². The zero-order valence-electron chi connectivity index (χ0n) is 18.4. The standard InChI is InChI=1S/C25H27NO6/c1-16-14-22(28)24(25(30)26(16)13-12-17-4-8-19(27)9-5-17)21(15-23(29)32-3)18-6-10-20(31-2)11-7-18/h4-11,14,21,27-28H,12-13,15H2,1-3H3/t21-/m0/s1. The van der Waals surface area contributed by atoms with E-state index in [-0.39, 0.29) is 29.0 Å². The number of carbonyl (C=O) groups excluding carboxylic acids is 1. The van der Waals surface area contributed by atoms with E-state index >= 15 is 0 Å². The van der Waals surface area contributed by atoms with E-state index in [0.717, 1.165) is 5.56 Å². The van der Waals surface area contributed by atoms with Gasteiger partial charge in [0.05, 0.1) is 26.2 Å². The average Bonchev–Trinajstić information content (AvgIpc) is 2.79. The van der Waals surface area contributed by atoms with Gasteiger partial charge in [0.1, 0.15) is 17.2 Å². The Morgan fingerprint density at radius 3 is 2.28 bits per heavy atom. The molecule has 0 aliphatic carbocycles. The fourth-order valence-electron chi connectivity index (χ4n) is 3.75. The number of aromatic nitrogens is 1. The highest BCUT2D eigenvalue weighted by atomic mass is 16.5.